The number of ether oxygens (including phenoxy) is 1. The second-order valence-corrected chi connectivity index (χ2v) is 2.98. The molecular formula is C10H12F3NO. The summed E-state index contributed by atoms with van der Waals surface area (Å²) in [6.07, 6.45) is 0.109. The highest BCUT2D eigenvalue weighted by atomic mass is 19.1. The van der Waals surface area contributed by atoms with Crippen LogP contribution in [0.1, 0.15) is 12.0 Å². The second-order valence-electron chi connectivity index (χ2n) is 2.98. The van der Waals surface area contributed by atoms with E-state index in [1.165, 1.54) is 0 Å². The number of halogens is 3. The molecule has 2 N–H and O–H groups in total. The summed E-state index contributed by atoms with van der Waals surface area (Å²) in [6, 6.07) is 2.21. The highest BCUT2D eigenvalue weighted by molar-refractivity contribution is 5.31. The monoisotopic (exact) mass is 219 g/mol. The van der Waals surface area contributed by atoms with Crippen molar-refractivity contribution in [3.05, 3.63) is 29.3 Å². The van der Waals surface area contributed by atoms with E-state index in [9.17, 15) is 13.2 Å². The van der Waals surface area contributed by atoms with Crippen molar-refractivity contribution in [1.29, 1.82) is 0 Å². The van der Waals surface area contributed by atoms with E-state index in [0.29, 0.717) is 5.56 Å². The molecule has 0 fully saturated rings. The summed E-state index contributed by atoms with van der Waals surface area (Å²) in [5.41, 5.74) is 5.59. The van der Waals surface area contributed by atoms with Gasteiger partial charge in [0.15, 0.2) is 17.4 Å². The SMILES string of the molecule is NCc1cc(F)c(OCCCF)c(F)c1. The minimum absolute atomic E-state index is 0.0493. The van der Waals surface area contributed by atoms with Crippen LogP contribution in [0, 0.1) is 11.6 Å². The van der Waals surface area contributed by atoms with E-state index in [4.69, 9.17) is 10.5 Å². The third kappa shape index (κ3) is 3.13. The Hall–Kier alpha value is -1.23. The van der Waals surface area contributed by atoms with Crippen molar-refractivity contribution in [3.63, 3.8) is 0 Å². The maximum atomic E-state index is 13.2. The average molecular weight is 219 g/mol. The molecule has 15 heavy (non-hydrogen) atoms. The maximum absolute atomic E-state index is 13.2. The van der Waals surface area contributed by atoms with Crippen molar-refractivity contribution in [2.24, 2.45) is 5.73 Å². The molecule has 0 aliphatic carbocycles. The van der Waals surface area contributed by atoms with Gasteiger partial charge in [-0.1, -0.05) is 0 Å². The first kappa shape index (κ1) is 11.8. The first-order valence-electron chi connectivity index (χ1n) is 4.55. The zero-order valence-electron chi connectivity index (χ0n) is 8.10. The number of alkyl halides is 1. The molecule has 0 saturated heterocycles. The number of hydrogen-bond acceptors (Lipinski definition) is 2. The summed E-state index contributed by atoms with van der Waals surface area (Å²) in [5, 5.41) is 0. The lowest BCUT2D eigenvalue weighted by Gasteiger charge is -2.08. The van der Waals surface area contributed by atoms with Crippen molar-refractivity contribution in [3.8, 4) is 5.75 Å². The van der Waals surface area contributed by atoms with Crippen LogP contribution in [0.4, 0.5) is 13.2 Å². The molecule has 0 atom stereocenters. The molecule has 0 aliphatic heterocycles. The van der Waals surface area contributed by atoms with Gasteiger partial charge in [0.2, 0.25) is 0 Å². The first-order valence-corrected chi connectivity index (χ1v) is 4.55. The highest BCUT2D eigenvalue weighted by Crippen LogP contribution is 2.23. The van der Waals surface area contributed by atoms with E-state index >= 15 is 0 Å². The molecule has 1 aromatic carbocycles. The van der Waals surface area contributed by atoms with Gasteiger partial charge in [0.1, 0.15) is 0 Å². The molecule has 5 heteroatoms. The number of hydrogen-bond donors (Lipinski definition) is 1. The Balaban J connectivity index is 2.79. The third-order valence-corrected chi connectivity index (χ3v) is 1.82. The van der Waals surface area contributed by atoms with Crippen molar-refractivity contribution in [2.45, 2.75) is 13.0 Å². The van der Waals surface area contributed by atoms with Gasteiger partial charge in [-0.3, -0.25) is 4.39 Å². The molecule has 0 unspecified atom stereocenters. The van der Waals surface area contributed by atoms with Crippen LogP contribution < -0.4 is 10.5 Å². The molecule has 1 aromatic rings. The van der Waals surface area contributed by atoms with E-state index in [-0.39, 0.29) is 19.6 Å². The lowest BCUT2D eigenvalue weighted by atomic mass is 10.2. The fourth-order valence-corrected chi connectivity index (χ4v) is 1.10. The van der Waals surface area contributed by atoms with Gasteiger partial charge in [0, 0.05) is 13.0 Å². The van der Waals surface area contributed by atoms with Gasteiger partial charge in [-0.25, -0.2) is 8.78 Å². The molecule has 2 nitrogen and oxygen atoms in total. The summed E-state index contributed by atoms with van der Waals surface area (Å²) in [5.74, 6) is -2.09. The molecular weight excluding hydrogens is 207 g/mol. The van der Waals surface area contributed by atoms with Gasteiger partial charge in [-0.2, -0.15) is 0 Å². The summed E-state index contributed by atoms with van der Waals surface area (Å²) in [7, 11) is 0. The van der Waals surface area contributed by atoms with Crippen molar-refractivity contribution >= 4 is 0 Å². The summed E-state index contributed by atoms with van der Waals surface area (Å²) < 4.78 is 42.9. The summed E-state index contributed by atoms with van der Waals surface area (Å²) in [6.45, 7) is -0.574. The molecule has 0 radical (unpaired) electrons. The van der Waals surface area contributed by atoms with Crippen LogP contribution in [0.25, 0.3) is 0 Å². The molecule has 0 spiro atoms. The smallest absolute Gasteiger partial charge is 0.190 e. The predicted octanol–water partition coefficient (Wildman–Crippen LogP) is 2.16. The Morgan fingerprint density at radius 1 is 1.20 bits per heavy atom. The molecule has 0 bridgehead atoms. The molecule has 0 saturated carbocycles. The van der Waals surface area contributed by atoms with E-state index in [0.717, 1.165) is 12.1 Å². The van der Waals surface area contributed by atoms with Gasteiger partial charge in [0.05, 0.1) is 13.3 Å². The van der Waals surface area contributed by atoms with Crippen LogP contribution in [-0.2, 0) is 6.54 Å². The van der Waals surface area contributed by atoms with Crippen LogP contribution in [0.15, 0.2) is 12.1 Å². The Bertz CT molecular complexity index is 307. The Kier molecular flexibility index (Phi) is 4.42. The van der Waals surface area contributed by atoms with Gasteiger partial charge < -0.3 is 10.5 Å². The fourth-order valence-electron chi connectivity index (χ4n) is 1.10. The molecule has 84 valence electrons. The average Bonchev–Trinajstić information content (AvgIpc) is 2.22. The lowest BCUT2D eigenvalue weighted by molar-refractivity contribution is 0.264. The van der Waals surface area contributed by atoms with Crippen LogP contribution in [0.2, 0.25) is 0 Å². The zero-order valence-corrected chi connectivity index (χ0v) is 8.10. The lowest BCUT2D eigenvalue weighted by Crippen LogP contribution is -2.04. The van der Waals surface area contributed by atoms with Crippen LogP contribution in [-0.4, -0.2) is 13.3 Å². The Labute approximate surface area is 85.8 Å². The number of benzene rings is 1. The molecule has 0 aliphatic rings. The maximum Gasteiger partial charge on any atom is 0.190 e. The quantitative estimate of drug-likeness (QED) is 0.770. The van der Waals surface area contributed by atoms with Crippen LogP contribution >= 0.6 is 0 Å². The Morgan fingerprint density at radius 2 is 1.80 bits per heavy atom. The molecule has 0 aromatic heterocycles. The second kappa shape index (κ2) is 5.60. The normalized spacial score (nSPS) is 10.4. The van der Waals surface area contributed by atoms with E-state index in [1.54, 1.807) is 0 Å². The molecule has 0 heterocycles. The van der Waals surface area contributed by atoms with Gasteiger partial charge in [0.25, 0.3) is 0 Å². The van der Waals surface area contributed by atoms with Crippen LogP contribution in [0.5, 0.6) is 5.75 Å². The Morgan fingerprint density at radius 3 is 2.27 bits per heavy atom. The predicted molar refractivity (Wildman–Crippen MR) is 50.3 cm³/mol. The van der Waals surface area contributed by atoms with E-state index in [1.807, 2.05) is 0 Å². The van der Waals surface area contributed by atoms with Crippen molar-refractivity contribution in [1.82, 2.24) is 0 Å². The van der Waals surface area contributed by atoms with Gasteiger partial charge in [-0.05, 0) is 17.7 Å². The third-order valence-electron chi connectivity index (χ3n) is 1.82. The largest absolute Gasteiger partial charge is 0.488 e. The number of rotatable bonds is 5. The zero-order chi connectivity index (χ0) is 11.3. The minimum Gasteiger partial charge on any atom is -0.488 e. The van der Waals surface area contributed by atoms with Crippen molar-refractivity contribution in [2.75, 3.05) is 13.3 Å². The fraction of sp³-hybridized carbons (Fsp3) is 0.400. The number of nitrogens with two attached hydrogens (primary N) is 1. The highest BCUT2D eigenvalue weighted by Gasteiger charge is 2.11. The minimum atomic E-state index is -0.811. The van der Waals surface area contributed by atoms with Crippen molar-refractivity contribution < 1.29 is 17.9 Å². The molecule has 1 rings (SSSR count). The van der Waals surface area contributed by atoms with Crippen LogP contribution in [0.3, 0.4) is 0 Å². The summed E-state index contributed by atoms with van der Waals surface area (Å²) >= 11 is 0. The van der Waals surface area contributed by atoms with E-state index < -0.39 is 24.1 Å². The van der Waals surface area contributed by atoms with E-state index in [2.05, 4.69) is 0 Å². The standard InChI is InChI=1S/C10H12F3NO/c11-2-1-3-15-10-8(12)4-7(6-14)5-9(10)13/h4-5H,1-3,6,14H2. The summed E-state index contributed by atoms with van der Waals surface area (Å²) in [4.78, 5) is 0. The topological polar surface area (TPSA) is 35.2 Å². The van der Waals surface area contributed by atoms with Gasteiger partial charge >= 0.3 is 0 Å². The molecule has 0 amide bonds. The first-order chi connectivity index (χ1) is 7.19. The van der Waals surface area contributed by atoms with Gasteiger partial charge in [-0.15, -0.1) is 0 Å².